The van der Waals surface area contributed by atoms with E-state index in [1.165, 1.54) is 6.33 Å². The molecule has 0 aliphatic heterocycles. The number of Topliss-reactive ketones (excluding diaryl/α,β-unsaturated/α-hetero) is 1. The number of rotatable bonds is 4. The molecule has 0 bridgehead atoms. The fourth-order valence-corrected chi connectivity index (χ4v) is 1.06. The molecule has 1 aromatic rings. The molecule has 1 heterocycles. The molecule has 0 atom stereocenters. The zero-order valence-electron chi connectivity index (χ0n) is 8.82. The van der Waals surface area contributed by atoms with Crippen molar-refractivity contribution in [2.75, 3.05) is 0 Å². The molecular formula is C9H16N4O. The number of nitrogens with two attached hydrogens (primary N) is 1. The van der Waals surface area contributed by atoms with E-state index in [0.29, 0.717) is 12.4 Å². The molecule has 5 nitrogen and oxygen atoms in total. The Morgan fingerprint density at radius 2 is 2.29 bits per heavy atom. The summed E-state index contributed by atoms with van der Waals surface area (Å²) in [5.74, 6) is 0.649. The lowest BCUT2D eigenvalue weighted by atomic mass is 9.98. The summed E-state index contributed by atoms with van der Waals surface area (Å²) >= 11 is 0. The van der Waals surface area contributed by atoms with Crippen LogP contribution in [0.25, 0.3) is 0 Å². The maximum absolute atomic E-state index is 11.6. The van der Waals surface area contributed by atoms with Crippen LogP contribution in [0.5, 0.6) is 0 Å². The molecular weight excluding hydrogens is 180 g/mol. The number of ketones is 1. The minimum absolute atomic E-state index is 0.0276. The van der Waals surface area contributed by atoms with Crippen LogP contribution in [0.4, 0.5) is 0 Å². The monoisotopic (exact) mass is 196 g/mol. The standard InChI is InChI=1S/C9H16N4O/c1-4-13-8(11-6-12-13)5-7(14)9(2,3)10/h6H,4-5,10H2,1-3H3. The van der Waals surface area contributed by atoms with Crippen molar-refractivity contribution >= 4 is 5.78 Å². The lowest BCUT2D eigenvalue weighted by Gasteiger charge is -2.16. The molecule has 2 N–H and O–H groups in total. The first-order valence-corrected chi connectivity index (χ1v) is 4.64. The van der Waals surface area contributed by atoms with Crippen LogP contribution in [0.15, 0.2) is 6.33 Å². The first-order chi connectivity index (χ1) is 6.45. The van der Waals surface area contributed by atoms with Crippen LogP contribution in [-0.4, -0.2) is 26.1 Å². The third-order valence-corrected chi connectivity index (χ3v) is 2.03. The van der Waals surface area contributed by atoms with Gasteiger partial charge in [0.2, 0.25) is 0 Å². The minimum atomic E-state index is -0.801. The van der Waals surface area contributed by atoms with E-state index in [2.05, 4.69) is 10.1 Å². The normalized spacial score (nSPS) is 11.7. The molecule has 0 aliphatic rings. The maximum atomic E-state index is 11.6. The van der Waals surface area contributed by atoms with Crippen molar-refractivity contribution < 1.29 is 4.79 Å². The van der Waals surface area contributed by atoms with Gasteiger partial charge in [0.05, 0.1) is 12.0 Å². The van der Waals surface area contributed by atoms with E-state index in [0.717, 1.165) is 0 Å². The van der Waals surface area contributed by atoms with Crippen LogP contribution in [0.3, 0.4) is 0 Å². The topological polar surface area (TPSA) is 73.8 Å². The van der Waals surface area contributed by atoms with Crippen molar-refractivity contribution in [3.05, 3.63) is 12.2 Å². The van der Waals surface area contributed by atoms with E-state index in [4.69, 9.17) is 5.73 Å². The molecule has 0 saturated heterocycles. The Morgan fingerprint density at radius 1 is 1.64 bits per heavy atom. The van der Waals surface area contributed by atoms with Gasteiger partial charge in [0.15, 0.2) is 5.78 Å². The van der Waals surface area contributed by atoms with E-state index in [9.17, 15) is 4.79 Å². The number of aryl methyl sites for hydroxylation is 1. The summed E-state index contributed by atoms with van der Waals surface area (Å²) in [6.45, 7) is 6.06. The van der Waals surface area contributed by atoms with E-state index >= 15 is 0 Å². The molecule has 0 radical (unpaired) electrons. The second-order valence-corrected chi connectivity index (χ2v) is 3.81. The SMILES string of the molecule is CCn1ncnc1CC(=O)C(C)(C)N. The third-order valence-electron chi connectivity index (χ3n) is 2.03. The van der Waals surface area contributed by atoms with Gasteiger partial charge in [-0.25, -0.2) is 9.67 Å². The summed E-state index contributed by atoms with van der Waals surface area (Å²) in [6.07, 6.45) is 1.70. The van der Waals surface area contributed by atoms with Gasteiger partial charge in [0.1, 0.15) is 12.2 Å². The molecule has 1 aromatic heterocycles. The van der Waals surface area contributed by atoms with E-state index in [-0.39, 0.29) is 12.2 Å². The first kappa shape index (κ1) is 10.8. The largest absolute Gasteiger partial charge is 0.319 e. The second kappa shape index (κ2) is 3.88. The fraction of sp³-hybridized carbons (Fsp3) is 0.667. The lowest BCUT2D eigenvalue weighted by molar-refractivity contribution is -0.122. The van der Waals surface area contributed by atoms with Gasteiger partial charge in [-0.05, 0) is 20.8 Å². The van der Waals surface area contributed by atoms with E-state index < -0.39 is 5.54 Å². The average Bonchev–Trinajstić information content (AvgIpc) is 2.50. The maximum Gasteiger partial charge on any atom is 0.159 e. The summed E-state index contributed by atoms with van der Waals surface area (Å²) < 4.78 is 1.70. The van der Waals surface area contributed by atoms with Gasteiger partial charge < -0.3 is 5.73 Å². The minimum Gasteiger partial charge on any atom is -0.319 e. The van der Waals surface area contributed by atoms with E-state index in [1.807, 2.05) is 6.92 Å². The number of hydrogen-bond acceptors (Lipinski definition) is 4. The molecule has 14 heavy (non-hydrogen) atoms. The summed E-state index contributed by atoms with van der Waals surface area (Å²) in [5.41, 5.74) is 4.88. The number of nitrogens with zero attached hydrogens (tertiary/aromatic N) is 3. The zero-order valence-corrected chi connectivity index (χ0v) is 8.82. The summed E-state index contributed by atoms with van der Waals surface area (Å²) in [4.78, 5) is 15.6. The fourth-order valence-electron chi connectivity index (χ4n) is 1.06. The highest BCUT2D eigenvalue weighted by Crippen LogP contribution is 2.04. The summed E-state index contributed by atoms with van der Waals surface area (Å²) in [7, 11) is 0. The van der Waals surface area contributed by atoms with Crippen LogP contribution in [-0.2, 0) is 17.8 Å². The van der Waals surface area contributed by atoms with Crippen LogP contribution >= 0.6 is 0 Å². The number of carbonyl (C=O) groups excluding carboxylic acids is 1. The molecule has 0 unspecified atom stereocenters. The third kappa shape index (κ3) is 2.38. The van der Waals surface area contributed by atoms with Gasteiger partial charge in [-0.15, -0.1) is 0 Å². The molecule has 0 spiro atoms. The Kier molecular flexibility index (Phi) is 3.00. The van der Waals surface area contributed by atoms with Crippen molar-refractivity contribution in [2.24, 2.45) is 5.73 Å². The quantitative estimate of drug-likeness (QED) is 0.743. The predicted octanol–water partition coefficient (Wildman–Crippen LogP) is 0.147. The van der Waals surface area contributed by atoms with Gasteiger partial charge in [-0.3, -0.25) is 4.79 Å². The van der Waals surface area contributed by atoms with Crippen LogP contribution < -0.4 is 5.73 Å². The number of hydrogen-bond donors (Lipinski definition) is 1. The van der Waals surface area contributed by atoms with Gasteiger partial charge >= 0.3 is 0 Å². The van der Waals surface area contributed by atoms with Crippen molar-refractivity contribution in [1.29, 1.82) is 0 Å². The van der Waals surface area contributed by atoms with Gasteiger partial charge in [-0.1, -0.05) is 0 Å². The molecule has 0 aromatic carbocycles. The van der Waals surface area contributed by atoms with Crippen molar-refractivity contribution in [2.45, 2.75) is 39.3 Å². The first-order valence-electron chi connectivity index (χ1n) is 4.64. The van der Waals surface area contributed by atoms with Crippen molar-refractivity contribution in [3.63, 3.8) is 0 Å². The van der Waals surface area contributed by atoms with Crippen LogP contribution in [0.2, 0.25) is 0 Å². The second-order valence-electron chi connectivity index (χ2n) is 3.81. The lowest BCUT2D eigenvalue weighted by Crippen LogP contribution is -2.42. The number of aromatic nitrogens is 3. The average molecular weight is 196 g/mol. The molecule has 0 saturated carbocycles. The van der Waals surface area contributed by atoms with Crippen molar-refractivity contribution in [3.8, 4) is 0 Å². The smallest absolute Gasteiger partial charge is 0.159 e. The highest BCUT2D eigenvalue weighted by atomic mass is 16.1. The molecule has 0 amide bonds. The van der Waals surface area contributed by atoms with Gasteiger partial charge in [0.25, 0.3) is 0 Å². The Bertz CT molecular complexity index is 324. The Labute approximate surface area is 83.3 Å². The van der Waals surface area contributed by atoms with Crippen LogP contribution in [0, 0.1) is 0 Å². The van der Waals surface area contributed by atoms with Crippen LogP contribution in [0.1, 0.15) is 26.6 Å². The Morgan fingerprint density at radius 3 is 2.79 bits per heavy atom. The highest BCUT2D eigenvalue weighted by molar-refractivity contribution is 5.88. The van der Waals surface area contributed by atoms with E-state index in [1.54, 1.807) is 18.5 Å². The Balaban J connectivity index is 2.74. The highest BCUT2D eigenvalue weighted by Gasteiger charge is 2.23. The molecule has 0 aliphatic carbocycles. The summed E-state index contributed by atoms with van der Waals surface area (Å²) in [5, 5.41) is 3.98. The predicted molar refractivity (Wildman–Crippen MR) is 52.7 cm³/mol. The Hall–Kier alpha value is -1.23. The number of carbonyl (C=O) groups is 1. The molecule has 78 valence electrons. The van der Waals surface area contributed by atoms with Gasteiger partial charge in [-0.2, -0.15) is 5.10 Å². The van der Waals surface area contributed by atoms with Crippen molar-refractivity contribution in [1.82, 2.24) is 14.8 Å². The summed E-state index contributed by atoms with van der Waals surface area (Å²) in [6, 6.07) is 0. The molecule has 5 heteroatoms. The van der Waals surface area contributed by atoms with Gasteiger partial charge in [0, 0.05) is 6.54 Å². The zero-order chi connectivity index (χ0) is 10.8. The molecule has 0 fully saturated rings. The molecule has 1 rings (SSSR count).